The number of hydrogen-bond acceptors (Lipinski definition) is 2. The lowest BCUT2D eigenvalue weighted by molar-refractivity contribution is -0.274. The minimum atomic E-state index is -4.71. The number of benzene rings is 1. The van der Waals surface area contributed by atoms with Crippen LogP contribution in [0.4, 0.5) is 13.2 Å². The zero-order valence-electron chi connectivity index (χ0n) is 11.8. The molecule has 2 rings (SSSR count). The Morgan fingerprint density at radius 1 is 1.10 bits per heavy atom. The third-order valence-corrected chi connectivity index (χ3v) is 2.86. The van der Waals surface area contributed by atoms with Crippen LogP contribution in [0.5, 0.6) is 5.75 Å². The molecule has 0 amide bonds. The standard InChI is InChI=1S/C16H16F3NO/c1-11(2)9-12-7-8-14(20-10-12)13-5-3-4-6-15(13)21-16(17,18)19/h3-8,10-11H,9H2,1-2H3. The number of halogens is 3. The Hall–Kier alpha value is -2.04. The maximum Gasteiger partial charge on any atom is 0.573 e. The second-order valence-electron chi connectivity index (χ2n) is 5.19. The topological polar surface area (TPSA) is 22.1 Å². The van der Waals surface area contributed by atoms with Crippen molar-refractivity contribution in [3.05, 3.63) is 48.2 Å². The van der Waals surface area contributed by atoms with Crippen LogP contribution in [0.2, 0.25) is 0 Å². The van der Waals surface area contributed by atoms with Gasteiger partial charge in [-0.05, 0) is 36.1 Å². The van der Waals surface area contributed by atoms with E-state index in [2.05, 4.69) is 23.6 Å². The molecule has 21 heavy (non-hydrogen) atoms. The van der Waals surface area contributed by atoms with Crippen LogP contribution in [0.15, 0.2) is 42.6 Å². The highest BCUT2D eigenvalue weighted by molar-refractivity contribution is 5.67. The second kappa shape index (κ2) is 6.16. The summed E-state index contributed by atoms with van der Waals surface area (Å²) in [6.45, 7) is 4.20. The minimum Gasteiger partial charge on any atom is -0.405 e. The number of ether oxygens (including phenoxy) is 1. The van der Waals surface area contributed by atoms with Crippen molar-refractivity contribution in [2.45, 2.75) is 26.6 Å². The summed E-state index contributed by atoms with van der Waals surface area (Å²) in [5.74, 6) is 0.257. The van der Waals surface area contributed by atoms with Gasteiger partial charge in [-0.15, -0.1) is 13.2 Å². The van der Waals surface area contributed by atoms with Crippen molar-refractivity contribution >= 4 is 0 Å². The summed E-state index contributed by atoms with van der Waals surface area (Å²) < 4.78 is 41.2. The fourth-order valence-electron chi connectivity index (χ4n) is 2.07. The molecule has 5 heteroatoms. The Morgan fingerprint density at radius 3 is 2.38 bits per heavy atom. The molecular formula is C16H16F3NO. The van der Waals surface area contributed by atoms with Gasteiger partial charge in [-0.3, -0.25) is 4.98 Å². The predicted octanol–water partition coefficient (Wildman–Crippen LogP) is 4.85. The minimum absolute atomic E-state index is 0.242. The van der Waals surface area contributed by atoms with Crippen LogP contribution in [-0.4, -0.2) is 11.3 Å². The predicted molar refractivity (Wildman–Crippen MR) is 74.9 cm³/mol. The van der Waals surface area contributed by atoms with Crippen LogP contribution < -0.4 is 4.74 Å². The van der Waals surface area contributed by atoms with Crippen molar-refractivity contribution in [1.29, 1.82) is 0 Å². The number of para-hydroxylation sites is 1. The van der Waals surface area contributed by atoms with Gasteiger partial charge in [-0.2, -0.15) is 0 Å². The molecule has 0 aliphatic rings. The summed E-state index contributed by atoms with van der Waals surface area (Å²) in [4.78, 5) is 4.25. The molecule has 0 saturated heterocycles. The molecule has 2 nitrogen and oxygen atoms in total. The molecule has 112 valence electrons. The van der Waals surface area contributed by atoms with Gasteiger partial charge in [0, 0.05) is 11.8 Å². The summed E-state index contributed by atoms with van der Waals surface area (Å²) in [5, 5.41) is 0. The average molecular weight is 295 g/mol. The molecule has 1 aromatic carbocycles. The number of hydrogen-bond donors (Lipinski definition) is 0. The van der Waals surface area contributed by atoms with Gasteiger partial charge < -0.3 is 4.74 Å². The smallest absolute Gasteiger partial charge is 0.405 e. The highest BCUT2D eigenvalue weighted by Gasteiger charge is 2.32. The quantitative estimate of drug-likeness (QED) is 0.804. The number of nitrogens with zero attached hydrogens (tertiary/aromatic N) is 1. The second-order valence-corrected chi connectivity index (χ2v) is 5.19. The zero-order valence-corrected chi connectivity index (χ0v) is 11.8. The van der Waals surface area contributed by atoms with Crippen molar-refractivity contribution in [2.75, 3.05) is 0 Å². The first-order chi connectivity index (χ1) is 9.85. The average Bonchev–Trinajstić information content (AvgIpc) is 2.38. The number of alkyl halides is 3. The molecule has 0 saturated carbocycles. The number of pyridine rings is 1. The van der Waals surface area contributed by atoms with Gasteiger partial charge in [0.2, 0.25) is 0 Å². The van der Waals surface area contributed by atoms with Gasteiger partial charge >= 0.3 is 6.36 Å². The Morgan fingerprint density at radius 2 is 1.81 bits per heavy atom. The van der Waals surface area contributed by atoms with Gasteiger partial charge in [0.15, 0.2) is 0 Å². The summed E-state index contributed by atoms with van der Waals surface area (Å²) in [7, 11) is 0. The van der Waals surface area contributed by atoms with E-state index in [1.165, 1.54) is 12.1 Å². The van der Waals surface area contributed by atoms with Crippen molar-refractivity contribution < 1.29 is 17.9 Å². The Bertz CT molecular complexity index is 591. The van der Waals surface area contributed by atoms with E-state index < -0.39 is 6.36 Å². The van der Waals surface area contributed by atoms with E-state index in [0.29, 0.717) is 17.2 Å². The van der Waals surface area contributed by atoms with Crippen LogP contribution in [0, 0.1) is 5.92 Å². The Labute approximate surface area is 121 Å². The molecule has 2 aromatic rings. The van der Waals surface area contributed by atoms with E-state index in [1.807, 2.05) is 6.07 Å². The molecule has 0 aliphatic heterocycles. The molecular weight excluding hydrogens is 279 g/mol. The molecule has 0 atom stereocenters. The maximum atomic E-state index is 12.4. The largest absolute Gasteiger partial charge is 0.573 e. The third-order valence-electron chi connectivity index (χ3n) is 2.86. The molecule has 1 aromatic heterocycles. The molecule has 0 bridgehead atoms. The van der Waals surface area contributed by atoms with Crippen molar-refractivity contribution in [3.8, 4) is 17.0 Å². The van der Waals surface area contributed by atoms with Crippen LogP contribution in [0.3, 0.4) is 0 Å². The normalized spacial score (nSPS) is 11.7. The maximum absolute atomic E-state index is 12.4. The molecule has 1 heterocycles. The van der Waals surface area contributed by atoms with Crippen LogP contribution >= 0.6 is 0 Å². The van der Waals surface area contributed by atoms with Gasteiger partial charge in [-0.25, -0.2) is 0 Å². The molecule has 0 unspecified atom stereocenters. The molecule has 0 aliphatic carbocycles. The number of rotatable bonds is 4. The lowest BCUT2D eigenvalue weighted by atomic mass is 10.0. The molecule has 0 spiro atoms. The first-order valence-corrected chi connectivity index (χ1v) is 6.65. The van der Waals surface area contributed by atoms with Crippen LogP contribution in [0.1, 0.15) is 19.4 Å². The van der Waals surface area contributed by atoms with Gasteiger partial charge in [0.1, 0.15) is 5.75 Å². The monoisotopic (exact) mass is 295 g/mol. The fourth-order valence-corrected chi connectivity index (χ4v) is 2.07. The van der Waals surface area contributed by atoms with Crippen molar-refractivity contribution in [2.24, 2.45) is 5.92 Å². The zero-order chi connectivity index (χ0) is 15.5. The number of aromatic nitrogens is 1. The summed E-state index contributed by atoms with van der Waals surface area (Å²) >= 11 is 0. The lowest BCUT2D eigenvalue weighted by Gasteiger charge is -2.13. The summed E-state index contributed by atoms with van der Waals surface area (Å²) in [6, 6.07) is 9.60. The first kappa shape index (κ1) is 15.4. The van der Waals surface area contributed by atoms with Gasteiger partial charge in [-0.1, -0.05) is 32.0 Å². The third kappa shape index (κ3) is 4.48. The van der Waals surface area contributed by atoms with Gasteiger partial charge in [0.25, 0.3) is 0 Å². The van der Waals surface area contributed by atoms with E-state index in [0.717, 1.165) is 12.0 Å². The fraction of sp³-hybridized carbons (Fsp3) is 0.312. The van der Waals surface area contributed by atoms with E-state index in [4.69, 9.17) is 0 Å². The SMILES string of the molecule is CC(C)Cc1ccc(-c2ccccc2OC(F)(F)F)nc1. The lowest BCUT2D eigenvalue weighted by Crippen LogP contribution is -2.17. The van der Waals surface area contributed by atoms with Crippen LogP contribution in [0.25, 0.3) is 11.3 Å². The summed E-state index contributed by atoms with van der Waals surface area (Å²) in [6.07, 6.45) is -2.14. The first-order valence-electron chi connectivity index (χ1n) is 6.65. The summed E-state index contributed by atoms with van der Waals surface area (Å²) in [5.41, 5.74) is 1.84. The Kier molecular flexibility index (Phi) is 4.50. The van der Waals surface area contributed by atoms with E-state index >= 15 is 0 Å². The van der Waals surface area contributed by atoms with Crippen molar-refractivity contribution in [3.63, 3.8) is 0 Å². The van der Waals surface area contributed by atoms with Gasteiger partial charge in [0.05, 0.1) is 5.69 Å². The van der Waals surface area contributed by atoms with Crippen LogP contribution in [-0.2, 0) is 6.42 Å². The van der Waals surface area contributed by atoms with E-state index in [1.54, 1.807) is 24.4 Å². The highest BCUT2D eigenvalue weighted by atomic mass is 19.4. The molecule has 0 fully saturated rings. The van der Waals surface area contributed by atoms with E-state index in [-0.39, 0.29) is 5.75 Å². The Balaban J connectivity index is 2.29. The van der Waals surface area contributed by atoms with Crippen molar-refractivity contribution in [1.82, 2.24) is 4.98 Å². The van der Waals surface area contributed by atoms with E-state index in [9.17, 15) is 13.2 Å². The molecule has 0 N–H and O–H groups in total. The molecule has 0 radical (unpaired) electrons. The highest BCUT2D eigenvalue weighted by Crippen LogP contribution is 2.32.